The lowest BCUT2D eigenvalue weighted by Crippen LogP contribution is -2.50. The number of likely N-dealkylation sites (tertiary alicyclic amines) is 1. The largest absolute Gasteiger partial charge is 0.490 e. The lowest BCUT2D eigenvalue weighted by atomic mass is 9.83. The van der Waals surface area contributed by atoms with Crippen molar-refractivity contribution in [2.75, 3.05) is 13.1 Å². The highest BCUT2D eigenvalue weighted by atomic mass is 16.5. The van der Waals surface area contributed by atoms with Crippen LogP contribution in [0.25, 0.3) is 0 Å². The zero-order valence-electron chi connectivity index (χ0n) is 15.4. The summed E-state index contributed by atoms with van der Waals surface area (Å²) in [5, 5.41) is 0. The first-order chi connectivity index (χ1) is 12.0. The van der Waals surface area contributed by atoms with E-state index in [9.17, 15) is 4.79 Å². The third-order valence-corrected chi connectivity index (χ3v) is 6.66. The van der Waals surface area contributed by atoms with Gasteiger partial charge in [0.1, 0.15) is 11.9 Å². The van der Waals surface area contributed by atoms with Crippen LogP contribution in [0.3, 0.4) is 0 Å². The van der Waals surface area contributed by atoms with Gasteiger partial charge in [0.2, 0.25) is 5.91 Å². The number of nitrogens with zero attached hydrogens (tertiary/aromatic N) is 1. The first-order valence-electron chi connectivity index (χ1n) is 9.81. The molecule has 3 aliphatic rings. The number of carbonyl (C=O) groups is 1. The molecule has 0 radical (unpaired) electrons. The molecule has 4 heteroatoms. The minimum atomic E-state index is 0.0789. The Kier molecular flexibility index (Phi) is 4.48. The van der Waals surface area contributed by atoms with Gasteiger partial charge >= 0.3 is 0 Å². The van der Waals surface area contributed by atoms with Crippen LogP contribution in [0.5, 0.6) is 5.75 Å². The Labute approximate surface area is 150 Å². The van der Waals surface area contributed by atoms with Gasteiger partial charge in [0.25, 0.3) is 0 Å². The molecule has 1 heterocycles. The molecule has 2 N–H and O–H groups in total. The van der Waals surface area contributed by atoms with E-state index in [0.717, 1.165) is 31.7 Å². The summed E-state index contributed by atoms with van der Waals surface area (Å²) < 4.78 is 6.23. The van der Waals surface area contributed by atoms with Crippen molar-refractivity contribution in [2.24, 2.45) is 23.5 Å². The van der Waals surface area contributed by atoms with E-state index in [1.54, 1.807) is 0 Å². The maximum Gasteiger partial charge on any atom is 0.227 e. The second kappa shape index (κ2) is 6.64. The minimum Gasteiger partial charge on any atom is -0.490 e. The standard InChI is InChI=1S/C21H30N2O2/c1-13-3-4-14(2)18(11-13)25-17-7-9-23(10-8-17)21(24)19-15-5-6-16(12-15)20(19)22/h3-4,11,15-17,19-20H,5-10,12,22H2,1-2H3. The van der Waals surface area contributed by atoms with E-state index >= 15 is 0 Å². The van der Waals surface area contributed by atoms with Crippen molar-refractivity contribution in [1.29, 1.82) is 0 Å². The number of benzene rings is 1. The number of fused-ring (bicyclic) bond motifs is 2. The normalized spacial score (nSPS) is 32.2. The van der Waals surface area contributed by atoms with Gasteiger partial charge in [-0.1, -0.05) is 12.1 Å². The number of carbonyl (C=O) groups excluding carboxylic acids is 1. The summed E-state index contributed by atoms with van der Waals surface area (Å²) in [6, 6.07) is 6.43. The molecule has 3 fully saturated rings. The van der Waals surface area contributed by atoms with Crippen LogP contribution in [-0.4, -0.2) is 36.0 Å². The van der Waals surface area contributed by atoms with E-state index in [-0.39, 0.29) is 18.1 Å². The summed E-state index contributed by atoms with van der Waals surface area (Å²) in [5.41, 5.74) is 8.76. The highest BCUT2D eigenvalue weighted by Crippen LogP contribution is 2.48. The second-order valence-electron chi connectivity index (χ2n) is 8.35. The molecule has 2 bridgehead atoms. The van der Waals surface area contributed by atoms with Crippen molar-refractivity contribution in [1.82, 2.24) is 4.90 Å². The second-order valence-corrected chi connectivity index (χ2v) is 8.35. The SMILES string of the molecule is Cc1ccc(C)c(OC2CCN(C(=O)C3C4CCC(C4)C3N)CC2)c1. The Bertz CT molecular complexity index is 649. The number of aryl methyl sites for hydroxylation is 2. The number of nitrogens with two attached hydrogens (primary N) is 1. The fourth-order valence-electron chi connectivity index (χ4n) is 5.12. The average Bonchev–Trinajstić information content (AvgIpc) is 3.19. The summed E-state index contributed by atoms with van der Waals surface area (Å²) in [6.45, 7) is 5.78. The van der Waals surface area contributed by atoms with Gasteiger partial charge in [-0.25, -0.2) is 0 Å². The van der Waals surface area contributed by atoms with Crippen molar-refractivity contribution < 1.29 is 9.53 Å². The number of rotatable bonds is 3. The fourth-order valence-corrected chi connectivity index (χ4v) is 5.12. The summed E-state index contributed by atoms with van der Waals surface area (Å²) >= 11 is 0. The quantitative estimate of drug-likeness (QED) is 0.918. The van der Waals surface area contributed by atoms with Crippen LogP contribution in [0.2, 0.25) is 0 Å². The average molecular weight is 342 g/mol. The Morgan fingerprint density at radius 3 is 2.52 bits per heavy atom. The highest BCUT2D eigenvalue weighted by molar-refractivity contribution is 5.80. The topological polar surface area (TPSA) is 55.6 Å². The van der Waals surface area contributed by atoms with Crippen LogP contribution in [0, 0.1) is 31.6 Å². The lowest BCUT2D eigenvalue weighted by molar-refractivity contribution is -0.139. The summed E-state index contributed by atoms with van der Waals surface area (Å²) in [5.74, 6) is 2.50. The van der Waals surface area contributed by atoms with Gasteiger partial charge in [0.05, 0.1) is 5.92 Å². The van der Waals surface area contributed by atoms with Crippen LogP contribution in [0.15, 0.2) is 18.2 Å². The molecule has 1 amide bonds. The monoisotopic (exact) mass is 342 g/mol. The Balaban J connectivity index is 1.34. The molecule has 1 aromatic carbocycles. The third-order valence-electron chi connectivity index (χ3n) is 6.66. The molecule has 4 unspecified atom stereocenters. The van der Waals surface area contributed by atoms with E-state index in [2.05, 4.69) is 32.0 Å². The van der Waals surface area contributed by atoms with E-state index < -0.39 is 0 Å². The molecule has 1 saturated heterocycles. The molecule has 0 spiro atoms. The molecule has 1 aromatic rings. The van der Waals surface area contributed by atoms with E-state index in [0.29, 0.717) is 17.7 Å². The van der Waals surface area contributed by atoms with Crippen LogP contribution in [-0.2, 0) is 4.79 Å². The van der Waals surface area contributed by atoms with E-state index in [1.165, 1.54) is 30.4 Å². The number of piperidine rings is 1. The molecule has 2 aliphatic carbocycles. The van der Waals surface area contributed by atoms with Gasteiger partial charge in [0, 0.05) is 32.0 Å². The smallest absolute Gasteiger partial charge is 0.227 e. The molecular weight excluding hydrogens is 312 g/mol. The van der Waals surface area contributed by atoms with Crippen molar-refractivity contribution in [3.63, 3.8) is 0 Å². The molecule has 1 aliphatic heterocycles. The number of hydrogen-bond donors (Lipinski definition) is 1. The molecule has 4 nitrogen and oxygen atoms in total. The Morgan fingerprint density at radius 1 is 1.12 bits per heavy atom. The molecule has 0 aromatic heterocycles. The molecule has 136 valence electrons. The molecule has 2 saturated carbocycles. The minimum absolute atomic E-state index is 0.0789. The predicted octanol–water partition coefficient (Wildman–Crippen LogP) is 3.05. The van der Waals surface area contributed by atoms with Crippen molar-refractivity contribution in [3.8, 4) is 5.75 Å². The summed E-state index contributed by atoms with van der Waals surface area (Å²) in [7, 11) is 0. The highest BCUT2D eigenvalue weighted by Gasteiger charge is 2.50. The van der Waals surface area contributed by atoms with E-state index in [1.807, 2.05) is 4.90 Å². The van der Waals surface area contributed by atoms with Crippen molar-refractivity contribution >= 4 is 5.91 Å². The summed E-state index contributed by atoms with van der Waals surface area (Å²) in [4.78, 5) is 15.0. The number of ether oxygens (including phenoxy) is 1. The van der Waals surface area contributed by atoms with Crippen LogP contribution < -0.4 is 10.5 Å². The maximum absolute atomic E-state index is 13.0. The Hall–Kier alpha value is -1.55. The summed E-state index contributed by atoms with van der Waals surface area (Å²) in [6.07, 6.45) is 5.62. The predicted molar refractivity (Wildman–Crippen MR) is 98.4 cm³/mol. The first kappa shape index (κ1) is 16.9. The van der Waals surface area contributed by atoms with Gasteiger partial charge in [-0.3, -0.25) is 4.79 Å². The zero-order valence-corrected chi connectivity index (χ0v) is 15.4. The van der Waals surface area contributed by atoms with Gasteiger partial charge in [0.15, 0.2) is 0 Å². The number of hydrogen-bond acceptors (Lipinski definition) is 3. The van der Waals surface area contributed by atoms with Crippen molar-refractivity contribution in [3.05, 3.63) is 29.3 Å². The molecule has 4 atom stereocenters. The van der Waals surface area contributed by atoms with E-state index in [4.69, 9.17) is 10.5 Å². The molecule has 25 heavy (non-hydrogen) atoms. The lowest BCUT2D eigenvalue weighted by Gasteiger charge is -2.37. The van der Waals surface area contributed by atoms with Crippen LogP contribution in [0.4, 0.5) is 0 Å². The zero-order chi connectivity index (χ0) is 17.6. The van der Waals surface area contributed by atoms with Crippen LogP contribution in [0.1, 0.15) is 43.2 Å². The fraction of sp³-hybridized carbons (Fsp3) is 0.667. The van der Waals surface area contributed by atoms with Gasteiger partial charge in [-0.05, 0) is 62.1 Å². The number of amides is 1. The van der Waals surface area contributed by atoms with Gasteiger partial charge in [-0.2, -0.15) is 0 Å². The first-order valence-corrected chi connectivity index (χ1v) is 9.81. The Morgan fingerprint density at radius 2 is 1.84 bits per heavy atom. The van der Waals surface area contributed by atoms with Crippen LogP contribution >= 0.6 is 0 Å². The third kappa shape index (κ3) is 3.17. The molecule has 4 rings (SSSR count). The molecular formula is C21H30N2O2. The van der Waals surface area contributed by atoms with Gasteiger partial charge < -0.3 is 15.4 Å². The van der Waals surface area contributed by atoms with Crippen molar-refractivity contribution in [2.45, 2.75) is 58.1 Å². The maximum atomic E-state index is 13.0. The van der Waals surface area contributed by atoms with Gasteiger partial charge in [-0.15, -0.1) is 0 Å².